The van der Waals surface area contributed by atoms with E-state index in [0.29, 0.717) is 12.0 Å². The zero-order chi connectivity index (χ0) is 11.9. The van der Waals surface area contributed by atoms with Crippen molar-refractivity contribution >= 4 is 5.97 Å². The van der Waals surface area contributed by atoms with Gasteiger partial charge in [0.2, 0.25) is 0 Å². The van der Waals surface area contributed by atoms with Gasteiger partial charge in [-0.15, -0.1) is 0 Å². The molecule has 0 radical (unpaired) electrons. The molecule has 0 aliphatic heterocycles. The number of hydrogen-bond donors (Lipinski definition) is 2. The molecule has 94 valence electrons. The molecule has 0 aromatic heterocycles. The van der Waals surface area contributed by atoms with Crippen molar-refractivity contribution in [2.24, 2.45) is 0 Å². The molecular weight excluding hydrogens is 202 g/mol. The van der Waals surface area contributed by atoms with Crippen molar-refractivity contribution in [1.29, 1.82) is 0 Å². The minimum atomic E-state index is -0.674. The Balaban J connectivity index is 1.99. The normalized spacial score (nSPS) is 19.6. The number of hydrogen-bond acceptors (Lipinski definition) is 2. The molecule has 0 spiro atoms. The second-order valence-electron chi connectivity index (χ2n) is 5.25. The van der Waals surface area contributed by atoms with E-state index in [1.807, 2.05) is 0 Å². The Bertz CT molecular complexity index is 210. The molecule has 1 aliphatic rings. The predicted molar refractivity (Wildman–Crippen MR) is 65.6 cm³/mol. The van der Waals surface area contributed by atoms with Gasteiger partial charge in [-0.3, -0.25) is 4.79 Å². The van der Waals surface area contributed by atoms with Crippen molar-refractivity contribution in [1.82, 2.24) is 5.32 Å². The molecule has 0 unspecified atom stereocenters. The minimum absolute atomic E-state index is 0.317. The fourth-order valence-corrected chi connectivity index (χ4v) is 2.48. The molecule has 0 aromatic rings. The zero-order valence-corrected chi connectivity index (χ0v) is 10.4. The summed E-state index contributed by atoms with van der Waals surface area (Å²) in [5, 5.41) is 12.1. The molecule has 1 saturated carbocycles. The van der Waals surface area contributed by atoms with Crippen molar-refractivity contribution < 1.29 is 9.90 Å². The maximum absolute atomic E-state index is 10.3. The van der Waals surface area contributed by atoms with Gasteiger partial charge in [-0.05, 0) is 39.2 Å². The number of nitrogens with one attached hydrogen (secondary N) is 1. The van der Waals surface area contributed by atoms with Crippen molar-refractivity contribution in [2.45, 2.75) is 70.3 Å². The number of rotatable bonds is 7. The van der Waals surface area contributed by atoms with Gasteiger partial charge in [-0.25, -0.2) is 0 Å². The van der Waals surface area contributed by atoms with Gasteiger partial charge in [-0.2, -0.15) is 0 Å². The first kappa shape index (κ1) is 13.5. The SMILES string of the molecule is CC1(NCCCCCC(=O)O)CCCCC1. The fourth-order valence-electron chi connectivity index (χ4n) is 2.48. The Morgan fingerprint density at radius 3 is 2.50 bits per heavy atom. The van der Waals surface area contributed by atoms with E-state index in [9.17, 15) is 4.79 Å². The zero-order valence-electron chi connectivity index (χ0n) is 10.4. The number of carboxylic acids is 1. The molecule has 0 amide bonds. The van der Waals surface area contributed by atoms with Crippen LogP contribution in [0.5, 0.6) is 0 Å². The molecule has 3 nitrogen and oxygen atoms in total. The molecular formula is C13H25NO2. The van der Waals surface area contributed by atoms with E-state index in [2.05, 4.69) is 12.2 Å². The monoisotopic (exact) mass is 227 g/mol. The summed E-state index contributed by atoms with van der Waals surface area (Å²) >= 11 is 0. The third-order valence-electron chi connectivity index (χ3n) is 3.58. The predicted octanol–water partition coefficient (Wildman–Crippen LogP) is 2.94. The Morgan fingerprint density at radius 2 is 1.88 bits per heavy atom. The molecule has 0 atom stereocenters. The summed E-state index contributed by atoms with van der Waals surface area (Å²) in [6.07, 6.45) is 9.93. The first-order valence-electron chi connectivity index (χ1n) is 6.59. The largest absolute Gasteiger partial charge is 0.481 e. The first-order chi connectivity index (χ1) is 7.62. The van der Waals surface area contributed by atoms with Gasteiger partial charge < -0.3 is 10.4 Å². The molecule has 2 N–H and O–H groups in total. The highest BCUT2D eigenvalue weighted by atomic mass is 16.4. The van der Waals surface area contributed by atoms with E-state index >= 15 is 0 Å². The first-order valence-corrected chi connectivity index (χ1v) is 6.59. The quantitative estimate of drug-likeness (QED) is 0.657. The summed E-state index contributed by atoms with van der Waals surface area (Å²) in [5.74, 6) is -0.674. The van der Waals surface area contributed by atoms with Crippen LogP contribution in [0.25, 0.3) is 0 Å². The van der Waals surface area contributed by atoms with Crippen LogP contribution in [0.3, 0.4) is 0 Å². The van der Waals surface area contributed by atoms with Gasteiger partial charge in [0, 0.05) is 12.0 Å². The summed E-state index contributed by atoms with van der Waals surface area (Å²) in [6, 6.07) is 0. The number of unbranched alkanes of at least 4 members (excludes halogenated alkanes) is 2. The van der Waals surface area contributed by atoms with E-state index < -0.39 is 5.97 Å². The van der Waals surface area contributed by atoms with E-state index in [0.717, 1.165) is 25.8 Å². The molecule has 16 heavy (non-hydrogen) atoms. The fraction of sp³-hybridized carbons (Fsp3) is 0.923. The van der Waals surface area contributed by atoms with Crippen LogP contribution in [-0.4, -0.2) is 23.2 Å². The van der Waals surface area contributed by atoms with Gasteiger partial charge in [-0.1, -0.05) is 25.7 Å². The van der Waals surface area contributed by atoms with Crippen LogP contribution in [0.1, 0.15) is 64.7 Å². The summed E-state index contributed by atoms with van der Waals surface area (Å²) in [4.78, 5) is 10.3. The topological polar surface area (TPSA) is 49.3 Å². The number of aliphatic carboxylic acids is 1. The lowest BCUT2D eigenvalue weighted by Crippen LogP contribution is -2.44. The Kier molecular flexibility index (Phi) is 5.81. The van der Waals surface area contributed by atoms with E-state index in [4.69, 9.17) is 5.11 Å². The van der Waals surface area contributed by atoms with Crippen LogP contribution < -0.4 is 5.32 Å². The van der Waals surface area contributed by atoms with Crippen LogP contribution in [0.4, 0.5) is 0 Å². The molecule has 0 aromatic carbocycles. The summed E-state index contributed by atoms with van der Waals surface area (Å²) in [5.41, 5.74) is 0.352. The second-order valence-corrected chi connectivity index (χ2v) is 5.25. The van der Waals surface area contributed by atoms with Gasteiger partial charge >= 0.3 is 5.97 Å². The van der Waals surface area contributed by atoms with Crippen molar-refractivity contribution in [3.05, 3.63) is 0 Å². The molecule has 1 rings (SSSR count). The highest BCUT2D eigenvalue weighted by molar-refractivity contribution is 5.66. The lowest BCUT2D eigenvalue weighted by molar-refractivity contribution is -0.137. The van der Waals surface area contributed by atoms with E-state index in [-0.39, 0.29) is 0 Å². The lowest BCUT2D eigenvalue weighted by Gasteiger charge is -2.34. The maximum Gasteiger partial charge on any atom is 0.303 e. The second kappa shape index (κ2) is 6.89. The van der Waals surface area contributed by atoms with Gasteiger partial charge in [0.25, 0.3) is 0 Å². The van der Waals surface area contributed by atoms with Gasteiger partial charge in [0.1, 0.15) is 0 Å². The van der Waals surface area contributed by atoms with Crippen molar-refractivity contribution in [2.75, 3.05) is 6.54 Å². The highest BCUT2D eigenvalue weighted by Gasteiger charge is 2.25. The lowest BCUT2D eigenvalue weighted by atomic mass is 9.83. The molecule has 1 fully saturated rings. The smallest absolute Gasteiger partial charge is 0.303 e. The third kappa shape index (κ3) is 5.50. The molecule has 0 saturated heterocycles. The Hall–Kier alpha value is -0.570. The third-order valence-corrected chi connectivity index (χ3v) is 3.58. The van der Waals surface area contributed by atoms with Crippen LogP contribution in [0.15, 0.2) is 0 Å². The molecule has 3 heteroatoms. The molecule has 1 aliphatic carbocycles. The Morgan fingerprint density at radius 1 is 1.19 bits per heavy atom. The van der Waals surface area contributed by atoms with Gasteiger partial charge in [0.15, 0.2) is 0 Å². The number of carboxylic acid groups (broad SMARTS) is 1. The average Bonchev–Trinajstić information content (AvgIpc) is 2.24. The number of carbonyl (C=O) groups is 1. The summed E-state index contributed by atoms with van der Waals surface area (Å²) in [7, 11) is 0. The van der Waals surface area contributed by atoms with Crippen molar-refractivity contribution in [3.8, 4) is 0 Å². The van der Waals surface area contributed by atoms with Crippen LogP contribution in [-0.2, 0) is 4.79 Å². The molecule has 0 heterocycles. The standard InChI is InChI=1S/C13H25NO2/c1-13(9-5-3-6-10-13)14-11-7-2-4-8-12(15)16/h14H,2-11H2,1H3,(H,15,16). The van der Waals surface area contributed by atoms with Crippen LogP contribution in [0, 0.1) is 0 Å². The minimum Gasteiger partial charge on any atom is -0.481 e. The van der Waals surface area contributed by atoms with Crippen molar-refractivity contribution in [3.63, 3.8) is 0 Å². The Labute approximate surface area is 98.6 Å². The van der Waals surface area contributed by atoms with E-state index in [1.165, 1.54) is 32.1 Å². The highest BCUT2D eigenvalue weighted by Crippen LogP contribution is 2.27. The van der Waals surface area contributed by atoms with Crippen LogP contribution in [0.2, 0.25) is 0 Å². The summed E-state index contributed by atoms with van der Waals surface area (Å²) in [6.45, 7) is 3.36. The van der Waals surface area contributed by atoms with Crippen LogP contribution >= 0.6 is 0 Å². The van der Waals surface area contributed by atoms with Gasteiger partial charge in [0.05, 0.1) is 0 Å². The summed E-state index contributed by atoms with van der Waals surface area (Å²) < 4.78 is 0. The average molecular weight is 227 g/mol. The van der Waals surface area contributed by atoms with E-state index in [1.54, 1.807) is 0 Å². The molecule has 0 bridgehead atoms. The maximum atomic E-state index is 10.3.